The highest BCUT2D eigenvalue weighted by Gasteiger charge is 2.46. The normalized spacial score (nSPS) is 19.3. The van der Waals surface area contributed by atoms with Crippen molar-refractivity contribution < 1.29 is 13.2 Å². The Kier molecular flexibility index (Phi) is 4.25. The number of imidazole rings is 1. The van der Waals surface area contributed by atoms with Crippen LogP contribution in [0.4, 0.5) is 24.8 Å². The third-order valence-electron chi connectivity index (χ3n) is 5.51. The second-order valence-electron chi connectivity index (χ2n) is 7.64. The third kappa shape index (κ3) is 3.12. The number of fused-ring (bicyclic) bond motifs is 2. The van der Waals surface area contributed by atoms with Gasteiger partial charge >= 0.3 is 5.69 Å². The van der Waals surface area contributed by atoms with E-state index >= 15 is 0 Å². The zero-order chi connectivity index (χ0) is 21.9. The van der Waals surface area contributed by atoms with E-state index in [-0.39, 0.29) is 23.7 Å². The molecule has 0 saturated carbocycles. The van der Waals surface area contributed by atoms with Gasteiger partial charge in [-0.1, -0.05) is 0 Å². The molecule has 1 aliphatic heterocycles. The van der Waals surface area contributed by atoms with E-state index in [9.17, 15) is 18.0 Å². The van der Waals surface area contributed by atoms with Gasteiger partial charge in [0, 0.05) is 19.7 Å². The molecule has 0 spiro atoms. The summed E-state index contributed by atoms with van der Waals surface area (Å²) in [5, 5.41) is 6.67. The van der Waals surface area contributed by atoms with Gasteiger partial charge in [-0.25, -0.2) is 32.4 Å². The summed E-state index contributed by atoms with van der Waals surface area (Å²) < 4.78 is 47.6. The van der Waals surface area contributed by atoms with E-state index in [1.165, 1.54) is 45.8 Å². The van der Waals surface area contributed by atoms with Gasteiger partial charge in [-0.15, -0.1) is 0 Å². The number of rotatable bonds is 3. The van der Waals surface area contributed by atoms with Crippen LogP contribution in [0.1, 0.15) is 12.5 Å². The van der Waals surface area contributed by atoms with E-state index in [2.05, 4.69) is 25.4 Å². The minimum Gasteiger partial charge on any atom is -0.320 e. The molecule has 5 rings (SSSR count). The summed E-state index contributed by atoms with van der Waals surface area (Å²) in [6, 6.07) is -0.156. The van der Waals surface area contributed by atoms with E-state index < -0.39 is 30.0 Å². The topological polar surface area (TPSA) is 98.2 Å². The fourth-order valence-electron chi connectivity index (χ4n) is 3.94. The highest BCUT2D eigenvalue weighted by molar-refractivity contribution is 5.73. The van der Waals surface area contributed by atoms with Crippen molar-refractivity contribution >= 4 is 28.4 Å². The molecule has 4 aromatic rings. The summed E-state index contributed by atoms with van der Waals surface area (Å²) in [4.78, 5) is 26.6. The summed E-state index contributed by atoms with van der Waals surface area (Å²) in [5.41, 5.74) is 0.0949. The highest BCUT2D eigenvalue weighted by atomic mass is 19.3. The van der Waals surface area contributed by atoms with Gasteiger partial charge in [0.05, 0.1) is 24.6 Å². The van der Waals surface area contributed by atoms with Crippen molar-refractivity contribution in [3.8, 4) is 0 Å². The number of pyridine rings is 1. The van der Waals surface area contributed by atoms with Crippen molar-refractivity contribution in [1.82, 2.24) is 38.6 Å². The van der Waals surface area contributed by atoms with E-state index in [1.54, 1.807) is 7.05 Å². The molecule has 0 unspecified atom stereocenters. The molecule has 4 aromatic heterocycles. The predicted molar refractivity (Wildman–Crippen MR) is 105 cm³/mol. The summed E-state index contributed by atoms with van der Waals surface area (Å²) >= 11 is 0. The lowest BCUT2D eigenvalue weighted by molar-refractivity contribution is -0.0979. The maximum atomic E-state index is 14.8. The van der Waals surface area contributed by atoms with E-state index in [0.29, 0.717) is 17.7 Å². The van der Waals surface area contributed by atoms with Crippen molar-refractivity contribution in [2.45, 2.75) is 18.4 Å². The molecule has 0 aliphatic carbocycles. The van der Waals surface area contributed by atoms with E-state index in [4.69, 9.17) is 0 Å². The maximum Gasteiger partial charge on any atom is 0.330 e. The van der Waals surface area contributed by atoms with Crippen LogP contribution in [-0.4, -0.2) is 64.7 Å². The number of halogens is 3. The number of piperidine rings is 1. The van der Waals surface area contributed by atoms with Gasteiger partial charge in [-0.05, 0) is 13.5 Å². The summed E-state index contributed by atoms with van der Waals surface area (Å²) in [7, 11) is 3.09. The van der Waals surface area contributed by atoms with Crippen LogP contribution in [0.25, 0.3) is 16.8 Å². The Bertz CT molecular complexity index is 1360. The van der Waals surface area contributed by atoms with Gasteiger partial charge in [0.1, 0.15) is 17.9 Å². The monoisotopic (exact) mass is 433 g/mol. The first kappa shape index (κ1) is 19.5. The first-order valence-corrected chi connectivity index (χ1v) is 9.51. The van der Waals surface area contributed by atoms with Gasteiger partial charge in [-0.3, -0.25) is 9.13 Å². The lowest BCUT2D eigenvalue weighted by atomic mass is 10.0. The molecule has 162 valence electrons. The minimum atomic E-state index is -3.12. The van der Waals surface area contributed by atoms with Crippen molar-refractivity contribution in [3.05, 3.63) is 41.1 Å². The molecule has 0 amide bonds. The number of nitrogens with one attached hydrogen (secondary N) is 1. The number of likely N-dealkylation sites (tertiary alicyclic amines) is 1. The zero-order valence-corrected chi connectivity index (χ0v) is 16.6. The molecule has 1 aliphatic rings. The summed E-state index contributed by atoms with van der Waals surface area (Å²) in [6.45, 7) is -0.0395. The van der Waals surface area contributed by atoms with Crippen molar-refractivity contribution in [3.63, 3.8) is 0 Å². The second-order valence-corrected chi connectivity index (χ2v) is 7.64. The summed E-state index contributed by atoms with van der Waals surface area (Å²) in [5.74, 6) is -3.77. The molecular formula is C18H18F3N9O. The standard InChI is InChI=1S/C18H18F3N9O/c1-27-4-3-13(18(20,21)8-27)30-15-12(28(2)17(30)31)6-22-16(26-15)25-11-7-29-14(5-10(11)19)23-9-24-29/h5-7,9,13H,3-4,8H2,1-2H3,(H,22,25,26)/t13-/m0/s1. The Morgan fingerprint density at radius 3 is 2.84 bits per heavy atom. The smallest absolute Gasteiger partial charge is 0.320 e. The molecule has 1 saturated heterocycles. The fraction of sp³-hybridized carbons (Fsp3) is 0.389. The molecule has 13 heteroatoms. The first-order chi connectivity index (χ1) is 14.7. The quantitative estimate of drug-likeness (QED) is 0.524. The van der Waals surface area contributed by atoms with Crippen LogP contribution in [0, 0.1) is 5.82 Å². The Morgan fingerprint density at radius 2 is 2.06 bits per heavy atom. The SMILES string of the molecule is CN1CC[C@H](n2c(=O)n(C)c3cnc(Nc4cn5ncnc5cc4F)nc32)C(F)(F)C1. The van der Waals surface area contributed by atoms with Crippen LogP contribution in [0.2, 0.25) is 0 Å². The molecule has 1 atom stereocenters. The van der Waals surface area contributed by atoms with Crippen molar-refractivity contribution in [2.24, 2.45) is 7.05 Å². The molecule has 31 heavy (non-hydrogen) atoms. The Hall–Kier alpha value is -3.48. The molecule has 0 radical (unpaired) electrons. The molecule has 1 N–H and O–H groups in total. The molecular weight excluding hydrogens is 415 g/mol. The molecule has 10 nitrogen and oxygen atoms in total. The third-order valence-corrected chi connectivity index (χ3v) is 5.51. The Labute approximate surface area is 173 Å². The number of anilines is 2. The summed E-state index contributed by atoms with van der Waals surface area (Å²) in [6.07, 6.45) is 4.09. The Morgan fingerprint density at radius 1 is 1.26 bits per heavy atom. The van der Waals surface area contributed by atoms with Crippen LogP contribution in [0.5, 0.6) is 0 Å². The van der Waals surface area contributed by atoms with Crippen molar-refractivity contribution in [2.75, 3.05) is 25.5 Å². The van der Waals surface area contributed by atoms with Crippen LogP contribution in [-0.2, 0) is 7.05 Å². The Balaban J connectivity index is 1.60. The van der Waals surface area contributed by atoms with Gasteiger partial charge in [0.2, 0.25) is 5.95 Å². The highest BCUT2D eigenvalue weighted by Crippen LogP contribution is 2.37. The lowest BCUT2D eigenvalue weighted by Gasteiger charge is -2.36. The lowest BCUT2D eigenvalue weighted by Crippen LogP contribution is -2.49. The molecule has 0 bridgehead atoms. The minimum absolute atomic E-state index is 0.0202. The van der Waals surface area contributed by atoms with Gasteiger partial charge < -0.3 is 10.2 Å². The number of aryl methyl sites for hydroxylation is 1. The van der Waals surface area contributed by atoms with E-state index in [1.807, 2.05) is 0 Å². The first-order valence-electron chi connectivity index (χ1n) is 9.51. The average Bonchev–Trinajstić information content (AvgIpc) is 3.24. The number of aromatic nitrogens is 7. The maximum absolute atomic E-state index is 14.8. The molecule has 0 aromatic carbocycles. The van der Waals surface area contributed by atoms with Crippen molar-refractivity contribution in [1.29, 1.82) is 0 Å². The fourth-order valence-corrected chi connectivity index (χ4v) is 3.94. The van der Waals surface area contributed by atoms with E-state index in [0.717, 1.165) is 4.57 Å². The number of hydrogen-bond donors (Lipinski definition) is 1. The van der Waals surface area contributed by atoms with Crippen LogP contribution >= 0.6 is 0 Å². The van der Waals surface area contributed by atoms with Gasteiger partial charge in [-0.2, -0.15) is 10.1 Å². The number of hydrogen-bond acceptors (Lipinski definition) is 7. The number of alkyl halides is 2. The number of nitrogens with zero attached hydrogens (tertiary/aromatic N) is 8. The van der Waals surface area contributed by atoms with Crippen LogP contribution < -0.4 is 11.0 Å². The average molecular weight is 433 g/mol. The predicted octanol–water partition coefficient (Wildman–Crippen LogP) is 1.57. The van der Waals surface area contributed by atoms with Gasteiger partial charge in [0.25, 0.3) is 5.92 Å². The van der Waals surface area contributed by atoms with Gasteiger partial charge in [0.15, 0.2) is 17.1 Å². The molecule has 1 fully saturated rings. The zero-order valence-electron chi connectivity index (χ0n) is 16.6. The van der Waals surface area contributed by atoms with Crippen LogP contribution in [0.15, 0.2) is 29.6 Å². The van der Waals surface area contributed by atoms with Crippen LogP contribution in [0.3, 0.4) is 0 Å². The largest absolute Gasteiger partial charge is 0.330 e. The molecule has 5 heterocycles. The second kappa shape index (κ2) is 6.77.